The van der Waals surface area contributed by atoms with Gasteiger partial charge in [0, 0.05) is 19.1 Å². The third-order valence-corrected chi connectivity index (χ3v) is 3.58. The van der Waals surface area contributed by atoms with Gasteiger partial charge < -0.3 is 19.5 Å². The first kappa shape index (κ1) is 21.1. The zero-order chi connectivity index (χ0) is 19.6. The molecule has 0 saturated carbocycles. The second kappa shape index (κ2) is 7.49. The number of amides is 3. The van der Waals surface area contributed by atoms with E-state index in [0.29, 0.717) is 6.42 Å². The van der Waals surface area contributed by atoms with Crippen molar-refractivity contribution < 1.29 is 29.0 Å². The van der Waals surface area contributed by atoms with Gasteiger partial charge >= 0.3 is 18.3 Å². The van der Waals surface area contributed by atoms with E-state index in [1.165, 1.54) is 4.90 Å². The maximum Gasteiger partial charge on any atom is 0.419 e. The van der Waals surface area contributed by atoms with Crippen molar-refractivity contribution in [3.63, 3.8) is 0 Å². The van der Waals surface area contributed by atoms with E-state index in [4.69, 9.17) is 9.47 Å². The largest absolute Gasteiger partial charge is 0.465 e. The highest BCUT2D eigenvalue weighted by Crippen LogP contribution is 2.25. The first-order chi connectivity index (χ1) is 11.2. The molecule has 0 unspecified atom stereocenters. The number of imide groups is 1. The Morgan fingerprint density at radius 1 is 1.04 bits per heavy atom. The van der Waals surface area contributed by atoms with E-state index in [2.05, 4.69) is 0 Å². The molecule has 2 atom stereocenters. The molecule has 0 spiro atoms. The van der Waals surface area contributed by atoms with Crippen LogP contribution in [0.25, 0.3) is 0 Å². The molecular weight excluding hydrogens is 328 g/mol. The number of ether oxygens (including phenoxy) is 2. The maximum atomic E-state index is 12.4. The molecular formula is C17H30N2O6. The molecule has 1 aliphatic heterocycles. The van der Waals surface area contributed by atoms with Crippen LogP contribution >= 0.6 is 0 Å². The first-order valence-electron chi connectivity index (χ1n) is 8.42. The molecule has 1 rings (SSSR count). The Kier molecular flexibility index (Phi) is 6.31. The summed E-state index contributed by atoms with van der Waals surface area (Å²) in [4.78, 5) is 38.3. The Bertz CT molecular complexity index is 492. The molecule has 1 heterocycles. The molecule has 1 fully saturated rings. The predicted octanol–water partition coefficient (Wildman–Crippen LogP) is 3.55. The summed E-state index contributed by atoms with van der Waals surface area (Å²) in [6, 6.07) is -0.165. The molecule has 144 valence electrons. The fourth-order valence-corrected chi connectivity index (χ4v) is 2.66. The molecule has 0 aromatic rings. The molecule has 25 heavy (non-hydrogen) atoms. The minimum absolute atomic E-state index is 0.0535. The fourth-order valence-electron chi connectivity index (χ4n) is 2.66. The summed E-state index contributed by atoms with van der Waals surface area (Å²) < 4.78 is 10.6. The number of carboxylic acid groups (broad SMARTS) is 1. The summed E-state index contributed by atoms with van der Waals surface area (Å²) in [7, 11) is 0. The smallest absolute Gasteiger partial charge is 0.419 e. The topological polar surface area (TPSA) is 96.4 Å². The Balaban J connectivity index is 2.90. The normalized spacial score (nSPS) is 21.0. The fraction of sp³-hybridized carbons (Fsp3) is 0.824. The molecule has 0 bridgehead atoms. The van der Waals surface area contributed by atoms with E-state index in [0.717, 1.165) is 4.90 Å². The van der Waals surface area contributed by atoms with Crippen molar-refractivity contribution in [2.45, 2.75) is 72.1 Å². The zero-order valence-corrected chi connectivity index (χ0v) is 16.2. The number of rotatable bonds is 2. The molecule has 1 N–H and O–H groups in total. The van der Waals surface area contributed by atoms with Gasteiger partial charge in [0.05, 0.1) is 0 Å². The second-order valence-electron chi connectivity index (χ2n) is 8.46. The highest BCUT2D eigenvalue weighted by Gasteiger charge is 2.38. The van der Waals surface area contributed by atoms with E-state index < -0.39 is 29.5 Å². The van der Waals surface area contributed by atoms with Gasteiger partial charge in [0.1, 0.15) is 11.2 Å². The molecule has 8 nitrogen and oxygen atoms in total. The van der Waals surface area contributed by atoms with Crippen molar-refractivity contribution in [1.82, 2.24) is 9.80 Å². The minimum Gasteiger partial charge on any atom is -0.465 e. The third kappa shape index (κ3) is 6.80. The van der Waals surface area contributed by atoms with Gasteiger partial charge in [0.15, 0.2) is 0 Å². The molecule has 0 radical (unpaired) electrons. The van der Waals surface area contributed by atoms with E-state index in [-0.39, 0.29) is 25.0 Å². The van der Waals surface area contributed by atoms with Gasteiger partial charge in [-0.2, -0.15) is 0 Å². The molecule has 0 aromatic carbocycles. The van der Waals surface area contributed by atoms with Gasteiger partial charge in [0.25, 0.3) is 0 Å². The van der Waals surface area contributed by atoms with Crippen molar-refractivity contribution in [3.8, 4) is 0 Å². The lowest BCUT2D eigenvalue weighted by Crippen LogP contribution is -2.46. The van der Waals surface area contributed by atoms with Crippen LogP contribution in [-0.2, 0) is 9.47 Å². The van der Waals surface area contributed by atoms with E-state index in [1.54, 1.807) is 48.5 Å². The van der Waals surface area contributed by atoms with Crippen molar-refractivity contribution in [3.05, 3.63) is 0 Å². The lowest BCUT2D eigenvalue weighted by Gasteiger charge is -2.29. The number of carbonyl (C=O) groups is 3. The highest BCUT2D eigenvalue weighted by atomic mass is 16.6. The van der Waals surface area contributed by atoms with Crippen molar-refractivity contribution in [1.29, 1.82) is 0 Å². The van der Waals surface area contributed by atoms with E-state index in [9.17, 15) is 19.5 Å². The maximum absolute atomic E-state index is 12.4. The van der Waals surface area contributed by atoms with Crippen molar-refractivity contribution >= 4 is 18.3 Å². The van der Waals surface area contributed by atoms with Gasteiger partial charge in [0.2, 0.25) is 0 Å². The molecule has 8 heteroatoms. The van der Waals surface area contributed by atoms with Gasteiger partial charge in [-0.3, -0.25) is 0 Å². The number of nitrogens with zero attached hydrogens (tertiary/aromatic N) is 2. The Labute approximate surface area is 149 Å². The van der Waals surface area contributed by atoms with Crippen LogP contribution in [0.4, 0.5) is 14.4 Å². The van der Waals surface area contributed by atoms with Crippen LogP contribution in [-0.4, -0.2) is 63.5 Å². The standard InChI is InChI=1S/C17H30N2O6/c1-11-8-12(9-18(11)13(20)21)10-19(14(22)24-16(2,3)4)15(23)25-17(5,6)7/h11-12H,8-10H2,1-7H3,(H,20,21)/t11-,12-/m1/s1. The van der Waals surface area contributed by atoms with Crippen molar-refractivity contribution in [2.75, 3.05) is 13.1 Å². The van der Waals surface area contributed by atoms with E-state index >= 15 is 0 Å². The molecule has 0 aliphatic carbocycles. The van der Waals surface area contributed by atoms with Crippen LogP contribution in [0.1, 0.15) is 54.9 Å². The van der Waals surface area contributed by atoms with E-state index in [1.807, 2.05) is 0 Å². The summed E-state index contributed by atoms with van der Waals surface area (Å²) in [5.74, 6) is -0.161. The summed E-state index contributed by atoms with van der Waals surface area (Å²) in [6.45, 7) is 12.4. The quantitative estimate of drug-likeness (QED) is 0.811. The van der Waals surface area contributed by atoms with Crippen LogP contribution in [0.2, 0.25) is 0 Å². The van der Waals surface area contributed by atoms with Gasteiger partial charge in [-0.25, -0.2) is 19.3 Å². The lowest BCUT2D eigenvalue weighted by molar-refractivity contribution is -0.00112. The van der Waals surface area contributed by atoms with Crippen LogP contribution in [0.5, 0.6) is 0 Å². The first-order valence-corrected chi connectivity index (χ1v) is 8.42. The Hall–Kier alpha value is -1.99. The average Bonchev–Trinajstić information content (AvgIpc) is 2.72. The number of hydrogen-bond donors (Lipinski definition) is 1. The lowest BCUT2D eigenvalue weighted by atomic mass is 10.1. The van der Waals surface area contributed by atoms with Gasteiger partial charge in [-0.05, 0) is 60.8 Å². The van der Waals surface area contributed by atoms with Crippen LogP contribution in [0, 0.1) is 5.92 Å². The monoisotopic (exact) mass is 358 g/mol. The van der Waals surface area contributed by atoms with Crippen LogP contribution in [0.3, 0.4) is 0 Å². The number of carbonyl (C=O) groups excluding carboxylic acids is 2. The number of likely N-dealkylation sites (tertiary alicyclic amines) is 1. The van der Waals surface area contributed by atoms with Crippen molar-refractivity contribution in [2.24, 2.45) is 5.92 Å². The summed E-state index contributed by atoms with van der Waals surface area (Å²) >= 11 is 0. The Morgan fingerprint density at radius 2 is 1.48 bits per heavy atom. The summed E-state index contributed by atoms with van der Waals surface area (Å²) in [5, 5.41) is 9.19. The van der Waals surface area contributed by atoms with Crippen LogP contribution in [0.15, 0.2) is 0 Å². The number of hydrogen-bond acceptors (Lipinski definition) is 5. The molecule has 3 amide bonds. The van der Waals surface area contributed by atoms with Gasteiger partial charge in [-0.1, -0.05) is 0 Å². The van der Waals surface area contributed by atoms with Gasteiger partial charge in [-0.15, -0.1) is 0 Å². The summed E-state index contributed by atoms with van der Waals surface area (Å²) in [5.41, 5.74) is -1.51. The third-order valence-electron chi connectivity index (χ3n) is 3.58. The minimum atomic E-state index is -1.00. The predicted molar refractivity (Wildman–Crippen MR) is 91.5 cm³/mol. The van der Waals surface area contributed by atoms with Crippen LogP contribution < -0.4 is 0 Å². The zero-order valence-electron chi connectivity index (χ0n) is 16.2. The Morgan fingerprint density at radius 3 is 1.80 bits per heavy atom. The average molecular weight is 358 g/mol. The second-order valence-corrected chi connectivity index (χ2v) is 8.46. The highest BCUT2D eigenvalue weighted by molar-refractivity contribution is 5.88. The molecule has 1 aliphatic rings. The summed E-state index contributed by atoms with van der Waals surface area (Å²) in [6.07, 6.45) is -2.02. The molecule has 1 saturated heterocycles. The SMILES string of the molecule is C[C@@H]1C[C@@H](CN(C(=O)OC(C)(C)C)C(=O)OC(C)(C)C)CN1C(=O)O. The molecule has 0 aromatic heterocycles.